The van der Waals surface area contributed by atoms with Crippen molar-refractivity contribution in [1.82, 2.24) is 0 Å². The molecule has 3 rings (SSSR count). The van der Waals surface area contributed by atoms with E-state index >= 15 is 0 Å². The molecule has 0 atom stereocenters. The fourth-order valence-electron chi connectivity index (χ4n) is 3.85. The number of aryl methyl sites for hydroxylation is 1. The predicted octanol–water partition coefficient (Wildman–Crippen LogP) is 5.69. The molecule has 26 heavy (non-hydrogen) atoms. The van der Waals surface area contributed by atoms with Crippen LogP contribution in [0.3, 0.4) is 0 Å². The molecule has 1 fully saturated rings. The van der Waals surface area contributed by atoms with E-state index in [0.717, 1.165) is 25.9 Å². The minimum Gasteiger partial charge on any atom is -0.371 e. The summed E-state index contributed by atoms with van der Waals surface area (Å²) in [6.45, 7) is 8.37. The van der Waals surface area contributed by atoms with Gasteiger partial charge in [-0.05, 0) is 89.7 Å². The Labute approximate surface area is 172 Å². The molecule has 0 bridgehead atoms. The maximum Gasteiger partial charge on any atom is 0.0402 e. The highest BCUT2D eigenvalue weighted by atomic mass is 127. The Bertz CT molecular complexity index is 730. The Morgan fingerprint density at radius 2 is 1.85 bits per heavy atom. The molecule has 0 aliphatic carbocycles. The molecule has 0 aromatic heterocycles. The zero-order valence-corrected chi connectivity index (χ0v) is 18.1. The number of hydrogen-bond acceptors (Lipinski definition) is 2. The molecule has 1 aliphatic rings. The first-order valence-electron chi connectivity index (χ1n) is 9.58. The number of allylic oxidation sites excluding steroid dienone is 1. The molecular weight excluding hydrogens is 431 g/mol. The van der Waals surface area contributed by atoms with Gasteiger partial charge in [0.15, 0.2) is 0 Å². The normalized spacial score (nSPS) is 15.1. The lowest BCUT2D eigenvalue weighted by atomic mass is 10.00. The Kier molecular flexibility index (Phi) is 6.63. The third-order valence-electron chi connectivity index (χ3n) is 5.51. The Morgan fingerprint density at radius 1 is 1.15 bits per heavy atom. The van der Waals surface area contributed by atoms with Gasteiger partial charge in [-0.25, -0.2) is 0 Å². The van der Waals surface area contributed by atoms with Crippen molar-refractivity contribution in [3.63, 3.8) is 0 Å². The van der Waals surface area contributed by atoms with Crippen LogP contribution in [0.4, 0.5) is 11.4 Å². The van der Waals surface area contributed by atoms with Gasteiger partial charge in [0, 0.05) is 41.1 Å². The summed E-state index contributed by atoms with van der Waals surface area (Å²) < 4.78 is 1.30. The summed E-state index contributed by atoms with van der Waals surface area (Å²) in [7, 11) is 2.25. The van der Waals surface area contributed by atoms with Crippen molar-refractivity contribution in [2.45, 2.75) is 38.6 Å². The summed E-state index contributed by atoms with van der Waals surface area (Å²) in [6.07, 6.45) is 6.45. The summed E-state index contributed by atoms with van der Waals surface area (Å²) in [5, 5.41) is 0. The second-order valence-electron chi connectivity index (χ2n) is 7.11. The molecule has 1 saturated heterocycles. The van der Waals surface area contributed by atoms with Crippen LogP contribution < -0.4 is 9.80 Å². The van der Waals surface area contributed by atoms with Crippen molar-refractivity contribution in [2.75, 3.05) is 29.9 Å². The summed E-state index contributed by atoms with van der Waals surface area (Å²) in [5.41, 5.74) is 5.53. The van der Waals surface area contributed by atoms with Crippen LogP contribution in [0, 0.1) is 3.57 Å². The Morgan fingerprint density at radius 3 is 2.46 bits per heavy atom. The van der Waals surface area contributed by atoms with Crippen molar-refractivity contribution in [2.24, 2.45) is 0 Å². The molecule has 0 N–H and O–H groups in total. The quantitative estimate of drug-likeness (QED) is 0.404. The third kappa shape index (κ3) is 4.43. The van der Waals surface area contributed by atoms with Crippen LogP contribution in [0.5, 0.6) is 0 Å². The van der Waals surface area contributed by atoms with Crippen molar-refractivity contribution in [1.29, 1.82) is 0 Å². The van der Waals surface area contributed by atoms with Gasteiger partial charge in [0.1, 0.15) is 0 Å². The van der Waals surface area contributed by atoms with Gasteiger partial charge in [-0.15, -0.1) is 6.58 Å². The molecular formula is C23H29IN2. The summed E-state index contributed by atoms with van der Waals surface area (Å²) in [4.78, 5) is 5.02. The van der Waals surface area contributed by atoms with Gasteiger partial charge in [0.05, 0.1) is 0 Å². The fraction of sp³-hybridized carbons (Fsp3) is 0.391. The van der Waals surface area contributed by atoms with Gasteiger partial charge < -0.3 is 9.80 Å². The first-order chi connectivity index (χ1) is 12.6. The molecule has 138 valence electrons. The Balaban J connectivity index is 1.66. The van der Waals surface area contributed by atoms with Crippen LogP contribution in [0.2, 0.25) is 0 Å². The Hall–Kier alpha value is -1.49. The molecule has 0 radical (unpaired) electrons. The maximum atomic E-state index is 3.93. The van der Waals surface area contributed by atoms with Crippen LogP contribution in [0.1, 0.15) is 30.9 Å². The molecule has 1 heterocycles. The molecule has 2 nitrogen and oxygen atoms in total. The highest BCUT2D eigenvalue weighted by Crippen LogP contribution is 2.29. The van der Waals surface area contributed by atoms with Gasteiger partial charge in [0.2, 0.25) is 0 Å². The third-order valence-corrected chi connectivity index (χ3v) is 6.18. The van der Waals surface area contributed by atoms with Crippen LogP contribution in [0.25, 0.3) is 0 Å². The van der Waals surface area contributed by atoms with Crippen molar-refractivity contribution in [3.8, 4) is 0 Å². The number of halogens is 1. The molecule has 0 unspecified atom stereocenters. The molecule has 3 heteroatoms. The molecule has 0 spiro atoms. The first kappa shape index (κ1) is 19.3. The lowest BCUT2D eigenvalue weighted by Gasteiger charge is -2.39. The molecule has 0 saturated carbocycles. The molecule has 2 aromatic rings. The lowest BCUT2D eigenvalue weighted by Crippen LogP contribution is -2.43. The maximum absolute atomic E-state index is 3.93. The zero-order valence-electron chi connectivity index (χ0n) is 15.9. The smallest absolute Gasteiger partial charge is 0.0402 e. The summed E-state index contributed by atoms with van der Waals surface area (Å²) in [6, 6.07) is 16.5. The standard InChI is InChI=1S/C23H29IN2/c1-4-6-19-17-20(24)9-12-23(19)26-15-13-22(14-16-26)25(3)21-10-7-18(5-2)8-11-21/h4,7-12,17,22H,1,5-6,13-16H2,2-3H3. The van der Waals surface area contributed by atoms with Gasteiger partial charge in [-0.2, -0.15) is 0 Å². The van der Waals surface area contributed by atoms with E-state index < -0.39 is 0 Å². The first-order valence-corrected chi connectivity index (χ1v) is 10.7. The van der Waals surface area contributed by atoms with Crippen molar-refractivity contribution < 1.29 is 0 Å². The number of nitrogens with zero attached hydrogens (tertiary/aromatic N) is 2. The molecule has 0 amide bonds. The summed E-state index contributed by atoms with van der Waals surface area (Å²) in [5.74, 6) is 0. The monoisotopic (exact) mass is 460 g/mol. The number of benzene rings is 2. The van der Waals surface area contributed by atoms with Gasteiger partial charge in [0.25, 0.3) is 0 Å². The number of rotatable bonds is 6. The minimum atomic E-state index is 0.616. The van der Waals surface area contributed by atoms with Crippen LogP contribution in [-0.4, -0.2) is 26.2 Å². The number of anilines is 2. The minimum absolute atomic E-state index is 0.616. The number of piperidine rings is 1. The van der Waals surface area contributed by atoms with E-state index in [1.165, 1.54) is 38.9 Å². The number of hydrogen-bond donors (Lipinski definition) is 0. The van der Waals surface area contributed by atoms with E-state index in [-0.39, 0.29) is 0 Å². The largest absolute Gasteiger partial charge is 0.371 e. The van der Waals surface area contributed by atoms with E-state index in [1.54, 1.807) is 0 Å². The highest BCUT2D eigenvalue weighted by Gasteiger charge is 2.24. The van der Waals surface area contributed by atoms with Crippen LogP contribution >= 0.6 is 22.6 Å². The highest BCUT2D eigenvalue weighted by molar-refractivity contribution is 14.1. The van der Waals surface area contributed by atoms with Gasteiger partial charge >= 0.3 is 0 Å². The van der Waals surface area contributed by atoms with Gasteiger partial charge in [-0.3, -0.25) is 0 Å². The van der Waals surface area contributed by atoms with Crippen molar-refractivity contribution in [3.05, 3.63) is 69.8 Å². The van der Waals surface area contributed by atoms with Gasteiger partial charge in [-0.1, -0.05) is 25.1 Å². The van der Waals surface area contributed by atoms with E-state index in [4.69, 9.17) is 0 Å². The molecule has 1 aliphatic heterocycles. The second-order valence-corrected chi connectivity index (χ2v) is 8.36. The fourth-order valence-corrected chi connectivity index (χ4v) is 4.41. The van der Waals surface area contributed by atoms with E-state index in [9.17, 15) is 0 Å². The van der Waals surface area contributed by atoms with E-state index in [1.807, 2.05) is 6.08 Å². The van der Waals surface area contributed by atoms with Crippen LogP contribution in [0.15, 0.2) is 55.1 Å². The topological polar surface area (TPSA) is 6.48 Å². The predicted molar refractivity (Wildman–Crippen MR) is 123 cm³/mol. The summed E-state index contributed by atoms with van der Waals surface area (Å²) >= 11 is 2.40. The lowest BCUT2D eigenvalue weighted by molar-refractivity contribution is 0.482. The van der Waals surface area contributed by atoms with E-state index in [2.05, 4.69) is 95.4 Å². The van der Waals surface area contributed by atoms with Crippen LogP contribution in [-0.2, 0) is 12.8 Å². The average Bonchev–Trinajstić information content (AvgIpc) is 2.68. The zero-order chi connectivity index (χ0) is 18.5. The second kappa shape index (κ2) is 8.94. The van der Waals surface area contributed by atoms with Crippen molar-refractivity contribution >= 4 is 34.0 Å². The molecule has 2 aromatic carbocycles. The van der Waals surface area contributed by atoms with E-state index in [0.29, 0.717) is 6.04 Å². The average molecular weight is 460 g/mol. The SMILES string of the molecule is C=CCc1cc(I)ccc1N1CCC(N(C)c2ccc(CC)cc2)CC1.